The number of nitrogens with one attached hydrogen (secondary N) is 1. The fourth-order valence-electron chi connectivity index (χ4n) is 5.54. The fraction of sp³-hybridized carbons (Fsp3) is 0.484. The second-order valence-corrected chi connectivity index (χ2v) is 11.8. The smallest absolute Gasteiger partial charge is 0.274 e. The minimum atomic E-state index is -0.0527. The monoisotopic (exact) mass is 568 g/mol. The van der Waals surface area contributed by atoms with Crippen LogP contribution >= 0.6 is 23.2 Å². The number of halogens is 2. The summed E-state index contributed by atoms with van der Waals surface area (Å²) in [7, 11) is 0. The van der Waals surface area contributed by atoms with Crippen molar-refractivity contribution in [1.82, 2.24) is 20.0 Å². The van der Waals surface area contributed by atoms with Crippen molar-refractivity contribution in [2.75, 3.05) is 13.1 Å². The summed E-state index contributed by atoms with van der Waals surface area (Å²) in [5, 5.41) is 9.83. The van der Waals surface area contributed by atoms with Crippen LogP contribution in [0.15, 0.2) is 48.5 Å². The molecule has 8 heteroatoms. The molecule has 2 fully saturated rings. The van der Waals surface area contributed by atoms with E-state index in [2.05, 4.69) is 12.2 Å². The van der Waals surface area contributed by atoms with Gasteiger partial charge >= 0.3 is 0 Å². The minimum Gasteiger partial charge on any atom is -0.439 e. The Bertz CT molecular complexity index is 1240. The minimum absolute atomic E-state index is 0.0527. The normalized spacial score (nSPS) is 17.6. The van der Waals surface area contributed by atoms with Crippen molar-refractivity contribution in [3.05, 3.63) is 69.8 Å². The van der Waals surface area contributed by atoms with Gasteiger partial charge in [0.15, 0.2) is 5.69 Å². The molecule has 39 heavy (non-hydrogen) atoms. The van der Waals surface area contributed by atoms with Crippen molar-refractivity contribution in [3.63, 3.8) is 0 Å². The number of nitrogens with zero attached hydrogens (tertiary/aromatic N) is 3. The van der Waals surface area contributed by atoms with E-state index in [0.717, 1.165) is 44.3 Å². The van der Waals surface area contributed by atoms with Crippen LogP contribution in [-0.2, 0) is 6.54 Å². The Morgan fingerprint density at radius 3 is 2.31 bits per heavy atom. The summed E-state index contributed by atoms with van der Waals surface area (Å²) in [6.07, 6.45) is 10.6. The fourth-order valence-corrected chi connectivity index (χ4v) is 5.88. The van der Waals surface area contributed by atoms with Crippen molar-refractivity contribution in [1.29, 1.82) is 0 Å². The maximum atomic E-state index is 14.0. The number of rotatable bonds is 7. The van der Waals surface area contributed by atoms with Crippen LogP contribution in [0.4, 0.5) is 0 Å². The third-order valence-electron chi connectivity index (χ3n) is 7.99. The van der Waals surface area contributed by atoms with Gasteiger partial charge in [-0.2, -0.15) is 9.78 Å². The first-order chi connectivity index (χ1) is 19.0. The zero-order valence-electron chi connectivity index (χ0n) is 22.7. The highest BCUT2D eigenvalue weighted by molar-refractivity contribution is 6.32. The molecule has 5 rings (SSSR count). The number of aromatic nitrogens is 2. The van der Waals surface area contributed by atoms with Crippen molar-refractivity contribution in [3.8, 4) is 17.3 Å². The van der Waals surface area contributed by atoms with Crippen LogP contribution in [0.1, 0.15) is 80.8 Å². The van der Waals surface area contributed by atoms with Crippen LogP contribution in [-0.4, -0.2) is 39.7 Å². The lowest BCUT2D eigenvalue weighted by Crippen LogP contribution is -2.39. The van der Waals surface area contributed by atoms with E-state index in [9.17, 15) is 4.79 Å². The molecule has 0 radical (unpaired) electrons. The molecule has 1 amide bonds. The number of para-hydroxylation sites is 1. The molecule has 6 nitrogen and oxygen atoms in total. The second kappa shape index (κ2) is 13.2. The quantitative estimate of drug-likeness (QED) is 0.313. The molecule has 1 N–H and O–H groups in total. The van der Waals surface area contributed by atoms with E-state index < -0.39 is 0 Å². The Hall–Kier alpha value is -2.54. The topological polar surface area (TPSA) is 59.4 Å². The first-order valence-electron chi connectivity index (χ1n) is 14.3. The molecule has 0 atom stereocenters. The standard InChI is InChI=1S/C31H38Cl2N4O2/c1-22-17-19-36(20-18-22)30(38)29-26(21-34-24-9-5-3-2-4-6-10-24)31(39-25-15-13-23(32)14-16-25)37(35-29)28-12-8-7-11-27(28)33/h7-8,11-16,22,24,34H,2-6,9-10,17-21H2,1H3. The number of hydrogen-bond donors (Lipinski definition) is 1. The van der Waals surface area contributed by atoms with Crippen LogP contribution in [0.5, 0.6) is 11.6 Å². The van der Waals surface area contributed by atoms with Gasteiger partial charge in [0.2, 0.25) is 5.88 Å². The van der Waals surface area contributed by atoms with Crippen molar-refractivity contribution in [2.24, 2.45) is 5.92 Å². The van der Waals surface area contributed by atoms with Gasteiger partial charge in [0, 0.05) is 30.7 Å². The second-order valence-electron chi connectivity index (χ2n) is 10.9. The summed E-state index contributed by atoms with van der Waals surface area (Å²) >= 11 is 12.8. The van der Waals surface area contributed by atoms with Crippen LogP contribution < -0.4 is 10.1 Å². The maximum Gasteiger partial charge on any atom is 0.274 e. The molecule has 1 aromatic heterocycles. The van der Waals surface area contributed by atoms with Crippen LogP contribution in [0, 0.1) is 5.92 Å². The lowest BCUT2D eigenvalue weighted by atomic mass is 9.96. The molecule has 3 aromatic rings. The highest BCUT2D eigenvalue weighted by Crippen LogP contribution is 2.35. The molecule has 1 aliphatic heterocycles. The van der Waals surface area contributed by atoms with E-state index in [1.165, 1.54) is 32.1 Å². The van der Waals surface area contributed by atoms with E-state index in [1.54, 1.807) is 16.8 Å². The molecule has 2 aliphatic rings. The van der Waals surface area contributed by atoms with Crippen molar-refractivity contribution in [2.45, 2.75) is 77.3 Å². The number of hydrogen-bond acceptors (Lipinski definition) is 4. The summed E-state index contributed by atoms with van der Waals surface area (Å²) in [6.45, 7) is 4.21. The molecular weight excluding hydrogens is 531 g/mol. The Kier molecular flexibility index (Phi) is 9.49. The van der Waals surface area contributed by atoms with Crippen LogP contribution in [0.25, 0.3) is 5.69 Å². The Balaban J connectivity index is 1.56. The molecule has 1 saturated heterocycles. The predicted molar refractivity (Wildman–Crippen MR) is 157 cm³/mol. The number of ether oxygens (including phenoxy) is 1. The summed E-state index contributed by atoms with van der Waals surface area (Å²) in [4.78, 5) is 15.9. The van der Waals surface area contributed by atoms with Gasteiger partial charge in [0.1, 0.15) is 5.75 Å². The van der Waals surface area contributed by atoms with Gasteiger partial charge in [-0.25, -0.2) is 0 Å². The van der Waals surface area contributed by atoms with Crippen LogP contribution in [0.2, 0.25) is 10.0 Å². The zero-order chi connectivity index (χ0) is 27.2. The first kappa shape index (κ1) is 28.0. The average Bonchev–Trinajstić information content (AvgIpc) is 3.27. The van der Waals surface area contributed by atoms with Crippen molar-refractivity contribution >= 4 is 29.1 Å². The molecular formula is C31H38Cl2N4O2. The lowest BCUT2D eigenvalue weighted by Gasteiger charge is -2.30. The van der Waals surface area contributed by atoms with Gasteiger partial charge in [-0.3, -0.25) is 4.79 Å². The number of carbonyl (C=O) groups excluding carboxylic acids is 1. The number of likely N-dealkylation sites (tertiary alicyclic amines) is 1. The van der Waals surface area contributed by atoms with Gasteiger partial charge in [-0.05, 0) is 68.0 Å². The first-order valence-corrected chi connectivity index (χ1v) is 15.1. The number of carbonyl (C=O) groups is 1. The number of amides is 1. The Morgan fingerprint density at radius 1 is 0.949 bits per heavy atom. The SMILES string of the molecule is CC1CCN(C(=O)c2nn(-c3ccccc3Cl)c(Oc3ccc(Cl)cc3)c2CNC2CCCCCCC2)CC1. The van der Waals surface area contributed by atoms with Gasteiger partial charge in [-0.15, -0.1) is 0 Å². The molecule has 1 aliphatic carbocycles. The molecule has 208 valence electrons. The zero-order valence-corrected chi connectivity index (χ0v) is 24.2. The highest BCUT2D eigenvalue weighted by Gasteiger charge is 2.31. The Morgan fingerprint density at radius 2 is 1.62 bits per heavy atom. The number of piperidine rings is 1. The average molecular weight is 570 g/mol. The summed E-state index contributed by atoms with van der Waals surface area (Å²) in [5.74, 6) is 1.69. The van der Waals surface area contributed by atoms with Gasteiger partial charge in [0.25, 0.3) is 5.91 Å². The molecule has 1 saturated carbocycles. The highest BCUT2D eigenvalue weighted by atomic mass is 35.5. The summed E-state index contributed by atoms with van der Waals surface area (Å²) < 4.78 is 8.18. The van der Waals surface area contributed by atoms with E-state index in [-0.39, 0.29) is 5.91 Å². The largest absolute Gasteiger partial charge is 0.439 e. The maximum absolute atomic E-state index is 14.0. The molecule has 0 bridgehead atoms. The third-order valence-corrected chi connectivity index (χ3v) is 8.56. The van der Waals surface area contributed by atoms with Gasteiger partial charge in [-0.1, -0.05) is 74.4 Å². The molecule has 2 aromatic carbocycles. The van der Waals surface area contributed by atoms with Gasteiger partial charge in [0.05, 0.1) is 16.3 Å². The summed E-state index contributed by atoms with van der Waals surface area (Å²) in [5.41, 5.74) is 1.85. The summed E-state index contributed by atoms with van der Waals surface area (Å²) in [6, 6.07) is 15.1. The van der Waals surface area contributed by atoms with Gasteiger partial charge < -0.3 is 15.0 Å². The van der Waals surface area contributed by atoms with E-state index in [4.69, 9.17) is 33.0 Å². The van der Waals surface area contributed by atoms with E-state index in [0.29, 0.717) is 51.6 Å². The third kappa shape index (κ3) is 6.97. The van der Waals surface area contributed by atoms with Crippen molar-refractivity contribution < 1.29 is 9.53 Å². The van der Waals surface area contributed by atoms with E-state index in [1.807, 2.05) is 41.3 Å². The lowest BCUT2D eigenvalue weighted by molar-refractivity contribution is 0.0689. The predicted octanol–water partition coefficient (Wildman–Crippen LogP) is 8.05. The Labute approximate surface area is 241 Å². The van der Waals surface area contributed by atoms with Crippen LogP contribution in [0.3, 0.4) is 0 Å². The molecule has 0 spiro atoms. The molecule has 2 heterocycles. The number of benzene rings is 2. The van der Waals surface area contributed by atoms with E-state index >= 15 is 0 Å². The molecule has 0 unspecified atom stereocenters.